The Morgan fingerprint density at radius 1 is 1.23 bits per heavy atom. The van der Waals surface area contributed by atoms with E-state index in [1.807, 2.05) is 0 Å². The zero-order chi connectivity index (χ0) is 16.9. The molecule has 22 heavy (non-hydrogen) atoms. The number of rotatable bonds is 5. The van der Waals surface area contributed by atoms with Crippen LogP contribution in [0.25, 0.3) is 0 Å². The predicted molar refractivity (Wildman–Crippen MR) is 73.8 cm³/mol. The summed E-state index contributed by atoms with van der Waals surface area (Å²) >= 11 is 0. The van der Waals surface area contributed by atoms with Gasteiger partial charge in [-0.05, 0) is 18.6 Å². The minimum Gasteiger partial charge on any atom is -0.478 e. The molecule has 0 spiro atoms. The van der Waals surface area contributed by atoms with Crippen LogP contribution < -0.4 is 5.32 Å². The van der Waals surface area contributed by atoms with E-state index in [1.54, 1.807) is 0 Å². The lowest BCUT2D eigenvalue weighted by Crippen LogP contribution is -2.18. The van der Waals surface area contributed by atoms with Crippen molar-refractivity contribution in [3.63, 3.8) is 0 Å². The average Bonchev–Trinajstić information content (AvgIpc) is 2.48. The normalized spacial score (nSPS) is 10.8. The number of carboxylic acid groups (broad SMARTS) is 1. The highest BCUT2D eigenvalue weighted by Gasteiger charge is 2.21. The third-order valence-corrected chi connectivity index (χ3v) is 2.71. The van der Waals surface area contributed by atoms with E-state index in [1.165, 1.54) is 13.0 Å². The molecule has 0 fully saturated rings. The van der Waals surface area contributed by atoms with Crippen molar-refractivity contribution in [3.05, 3.63) is 40.8 Å². The Morgan fingerprint density at radius 2 is 1.86 bits per heavy atom. The van der Waals surface area contributed by atoms with Crippen molar-refractivity contribution in [1.29, 1.82) is 0 Å². The molecule has 0 aliphatic rings. The Labute approximate surface area is 125 Å². The fourth-order valence-corrected chi connectivity index (χ4v) is 1.62. The standard InChI is InChI=1S/C14H14FNO6/c1-7-4-5-8(15)11(13(18)19)12(7)16-9(14(20)22-3)6-10(17)21-2/h4-6,16H,1-3H3,(H,18,19)/b9-6+. The Balaban J connectivity index is 3.39. The molecule has 0 amide bonds. The summed E-state index contributed by atoms with van der Waals surface area (Å²) < 4.78 is 22.6. The molecule has 7 nitrogen and oxygen atoms in total. The highest BCUT2D eigenvalue weighted by atomic mass is 19.1. The van der Waals surface area contributed by atoms with E-state index in [-0.39, 0.29) is 11.4 Å². The van der Waals surface area contributed by atoms with Crippen LogP contribution in [-0.2, 0) is 19.1 Å². The van der Waals surface area contributed by atoms with Gasteiger partial charge in [0.1, 0.15) is 17.1 Å². The van der Waals surface area contributed by atoms with Gasteiger partial charge in [-0.1, -0.05) is 6.07 Å². The summed E-state index contributed by atoms with van der Waals surface area (Å²) in [4.78, 5) is 34.1. The van der Waals surface area contributed by atoms with Crippen LogP contribution in [0.15, 0.2) is 23.9 Å². The molecule has 0 radical (unpaired) electrons. The van der Waals surface area contributed by atoms with Gasteiger partial charge in [-0.25, -0.2) is 18.8 Å². The van der Waals surface area contributed by atoms with Gasteiger partial charge in [-0.2, -0.15) is 0 Å². The first-order chi connectivity index (χ1) is 10.3. The van der Waals surface area contributed by atoms with Crippen LogP contribution >= 0.6 is 0 Å². The number of hydrogen-bond acceptors (Lipinski definition) is 6. The summed E-state index contributed by atoms with van der Waals surface area (Å²) in [6.07, 6.45) is 0.780. The third-order valence-electron chi connectivity index (χ3n) is 2.71. The number of ether oxygens (including phenoxy) is 2. The summed E-state index contributed by atoms with van der Waals surface area (Å²) in [5.41, 5.74) is -0.836. The minimum atomic E-state index is -1.52. The topological polar surface area (TPSA) is 102 Å². The van der Waals surface area contributed by atoms with Crippen molar-refractivity contribution < 1.29 is 33.4 Å². The number of hydrogen-bond donors (Lipinski definition) is 2. The Bertz CT molecular complexity index is 653. The monoisotopic (exact) mass is 311 g/mol. The van der Waals surface area contributed by atoms with Crippen LogP contribution in [0, 0.1) is 12.7 Å². The minimum absolute atomic E-state index is 0.159. The summed E-state index contributed by atoms with van der Waals surface area (Å²) in [6, 6.07) is 2.32. The SMILES string of the molecule is COC(=O)/C=C(/Nc1c(C)ccc(F)c1C(=O)O)C(=O)OC. The molecule has 0 aliphatic heterocycles. The smallest absolute Gasteiger partial charge is 0.354 e. The van der Waals surface area contributed by atoms with Gasteiger partial charge in [0, 0.05) is 0 Å². The second kappa shape index (κ2) is 7.21. The molecule has 0 saturated carbocycles. The number of halogens is 1. The van der Waals surface area contributed by atoms with Crippen molar-refractivity contribution in [3.8, 4) is 0 Å². The lowest BCUT2D eigenvalue weighted by atomic mass is 10.1. The lowest BCUT2D eigenvalue weighted by molar-refractivity contribution is -0.138. The molecule has 0 heterocycles. The van der Waals surface area contributed by atoms with E-state index < -0.39 is 29.3 Å². The number of nitrogens with one attached hydrogen (secondary N) is 1. The second-order valence-corrected chi connectivity index (χ2v) is 4.12. The van der Waals surface area contributed by atoms with Gasteiger partial charge in [-0.3, -0.25) is 0 Å². The molecule has 0 unspecified atom stereocenters. The summed E-state index contributed by atoms with van der Waals surface area (Å²) in [7, 11) is 2.18. The molecule has 2 N–H and O–H groups in total. The van der Waals surface area contributed by atoms with Gasteiger partial charge in [0.05, 0.1) is 26.0 Å². The zero-order valence-corrected chi connectivity index (χ0v) is 12.1. The maximum Gasteiger partial charge on any atom is 0.354 e. The molecule has 1 rings (SSSR count). The van der Waals surface area contributed by atoms with Crippen LogP contribution in [0.5, 0.6) is 0 Å². The van der Waals surface area contributed by atoms with E-state index in [4.69, 9.17) is 5.11 Å². The fraction of sp³-hybridized carbons (Fsp3) is 0.214. The average molecular weight is 311 g/mol. The van der Waals surface area contributed by atoms with Crippen molar-refractivity contribution in [1.82, 2.24) is 0 Å². The van der Waals surface area contributed by atoms with Gasteiger partial charge in [-0.15, -0.1) is 0 Å². The number of carboxylic acids is 1. The summed E-state index contributed by atoms with van der Waals surface area (Å²) in [5.74, 6) is -4.31. The number of methoxy groups -OCH3 is 2. The van der Waals surface area contributed by atoms with Gasteiger partial charge in [0.25, 0.3) is 0 Å². The van der Waals surface area contributed by atoms with Gasteiger partial charge in [0.15, 0.2) is 0 Å². The number of aryl methyl sites for hydroxylation is 1. The molecular formula is C14H14FNO6. The number of esters is 2. The van der Waals surface area contributed by atoms with Crippen molar-refractivity contribution in [2.24, 2.45) is 0 Å². The maximum atomic E-state index is 13.7. The van der Waals surface area contributed by atoms with Crippen LogP contribution in [0.2, 0.25) is 0 Å². The molecule has 8 heteroatoms. The van der Waals surface area contributed by atoms with Crippen molar-refractivity contribution in [2.45, 2.75) is 6.92 Å². The van der Waals surface area contributed by atoms with Gasteiger partial charge in [0.2, 0.25) is 0 Å². The molecular weight excluding hydrogens is 297 g/mol. The van der Waals surface area contributed by atoms with E-state index in [0.717, 1.165) is 26.4 Å². The predicted octanol–water partition coefficient (Wildman–Crippen LogP) is 1.47. The fourth-order valence-electron chi connectivity index (χ4n) is 1.62. The molecule has 1 aromatic rings. The quantitative estimate of drug-likeness (QED) is 0.627. The number of benzene rings is 1. The number of aromatic carboxylic acids is 1. The van der Waals surface area contributed by atoms with Crippen LogP contribution in [0.3, 0.4) is 0 Å². The first kappa shape index (κ1) is 17.2. The second-order valence-electron chi connectivity index (χ2n) is 4.12. The van der Waals surface area contributed by atoms with Crippen molar-refractivity contribution >= 4 is 23.6 Å². The highest BCUT2D eigenvalue weighted by Crippen LogP contribution is 2.25. The van der Waals surface area contributed by atoms with Crippen LogP contribution in [-0.4, -0.2) is 37.2 Å². The lowest BCUT2D eigenvalue weighted by Gasteiger charge is -2.14. The van der Waals surface area contributed by atoms with Crippen molar-refractivity contribution in [2.75, 3.05) is 19.5 Å². The Hall–Kier alpha value is -2.90. The molecule has 0 aliphatic carbocycles. The molecule has 0 aromatic heterocycles. The summed E-state index contributed by atoms with van der Waals surface area (Å²) in [5, 5.41) is 11.5. The van der Waals surface area contributed by atoms with E-state index in [2.05, 4.69) is 14.8 Å². The van der Waals surface area contributed by atoms with E-state index in [9.17, 15) is 18.8 Å². The number of anilines is 1. The van der Waals surface area contributed by atoms with E-state index in [0.29, 0.717) is 5.56 Å². The molecule has 0 bridgehead atoms. The van der Waals surface area contributed by atoms with Crippen LogP contribution in [0.1, 0.15) is 15.9 Å². The van der Waals surface area contributed by atoms with Crippen LogP contribution in [0.4, 0.5) is 10.1 Å². The van der Waals surface area contributed by atoms with E-state index >= 15 is 0 Å². The first-order valence-electron chi connectivity index (χ1n) is 5.99. The van der Waals surface area contributed by atoms with Gasteiger partial charge < -0.3 is 19.9 Å². The Morgan fingerprint density at radius 3 is 2.36 bits per heavy atom. The molecule has 0 atom stereocenters. The number of carbonyl (C=O) groups excluding carboxylic acids is 2. The molecule has 118 valence electrons. The summed E-state index contributed by atoms with van der Waals surface area (Å²) in [6.45, 7) is 1.52. The molecule has 0 saturated heterocycles. The molecule has 1 aromatic carbocycles. The Kier molecular flexibility index (Phi) is 5.62. The highest BCUT2D eigenvalue weighted by molar-refractivity contribution is 6.02. The van der Waals surface area contributed by atoms with Gasteiger partial charge >= 0.3 is 17.9 Å². The maximum absolute atomic E-state index is 13.7. The zero-order valence-electron chi connectivity index (χ0n) is 12.1. The number of carbonyl (C=O) groups is 3. The first-order valence-corrected chi connectivity index (χ1v) is 5.99. The third kappa shape index (κ3) is 3.81. The largest absolute Gasteiger partial charge is 0.478 e.